The Labute approximate surface area is 134 Å². The summed E-state index contributed by atoms with van der Waals surface area (Å²) >= 11 is 0. The molecule has 3 nitrogen and oxygen atoms in total. The summed E-state index contributed by atoms with van der Waals surface area (Å²) in [6.07, 6.45) is 7.57. The zero-order valence-corrected chi connectivity index (χ0v) is 14.3. The van der Waals surface area contributed by atoms with E-state index >= 15 is 0 Å². The number of fused-ring (bicyclic) bond motifs is 5. The van der Waals surface area contributed by atoms with Gasteiger partial charge < -0.3 is 5.11 Å². The van der Waals surface area contributed by atoms with Crippen LogP contribution in [-0.4, -0.2) is 40.0 Å². The van der Waals surface area contributed by atoms with Gasteiger partial charge in [0.05, 0.1) is 12.1 Å². The molecule has 2 saturated heterocycles. The molecule has 2 saturated carbocycles. The first-order valence-electron chi connectivity index (χ1n) is 9.35. The van der Waals surface area contributed by atoms with Crippen molar-refractivity contribution in [3.05, 3.63) is 0 Å². The topological polar surface area (TPSA) is 40.5 Å². The van der Waals surface area contributed by atoms with Gasteiger partial charge >= 0.3 is 0 Å². The minimum atomic E-state index is -0.0869. The average Bonchev–Trinajstić information content (AvgIpc) is 2.79. The fraction of sp³-hybridized carbons (Fsp3) is 0.947. The largest absolute Gasteiger partial charge is 0.393 e. The molecule has 0 amide bonds. The number of Topliss-reactive ketones (excluding diaryl/α,β-unsaturated/α-hetero) is 1. The number of rotatable bonds is 0. The van der Waals surface area contributed by atoms with E-state index in [-0.39, 0.29) is 23.1 Å². The van der Waals surface area contributed by atoms with E-state index in [1.165, 1.54) is 25.7 Å². The van der Waals surface area contributed by atoms with Crippen molar-refractivity contribution in [3.8, 4) is 0 Å². The Kier molecular flexibility index (Phi) is 3.30. The first-order valence-corrected chi connectivity index (χ1v) is 9.35. The van der Waals surface area contributed by atoms with Gasteiger partial charge in [0.25, 0.3) is 0 Å². The molecule has 2 aliphatic heterocycles. The number of ketones is 1. The Hall–Kier alpha value is -0.410. The van der Waals surface area contributed by atoms with E-state index in [1.54, 1.807) is 0 Å². The monoisotopic (exact) mass is 305 g/mol. The van der Waals surface area contributed by atoms with E-state index in [0.29, 0.717) is 11.7 Å². The highest BCUT2D eigenvalue weighted by Gasteiger charge is 2.60. The zero-order valence-electron chi connectivity index (χ0n) is 14.3. The van der Waals surface area contributed by atoms with Gasteiger partial charge in [-0.2, -0.15) is 0 Å². The predicted octanol–water partition coefficient (Wildman–Crippen LogP) is 3.01. The zero-order chi connectivity index (χ0) is 15.7. The number of carbonyl (C=O) groups excluding carboxylic acids is 1. The second-order valence-electron chi connectivity index (χ2n) is 9.00. The second kappa shape index (κ2) is 4.80. The molecule has 0 spiro atoms. The summed E-state index contributed by atoms with van der Waals surface area (Å²) in [5.74, 6) is 2.62. The molecule has 0 aromatic carbocycles. The number of carbonyl (C=O) groups is 1. The van der Waals surface area contributed by atoms with Crippen molar-refractivity contribution < 1.29 is 9.90 Å². The van der Waals surface area contributed by atoms with Crippen LogP contribution in [0.5, 0.6) is 0 Å². The van der Waals surface area contributed by atoms with E-state index in [1.807, 2.05) is 0 Å². The van der Waals surface area contributed by atoms with Crippen molar-refractivity contribution in [2.24, 2.45) is 23.2 Å². The molecular weight excluding hydrogens is 274 g/mol. The maximum atomic E-state index is 12.2. The molecule has 4 rings (SSSR count). The van der Waals surface area contributed by atoms with Crippen molar-refractivity contribution >= 4 is 5.78 Å². The lowest BCUT2D eigenvalue weighted by Crippen LogP contribution is -2.67. The third kappa shape index (κ3) is 1.78. The van der Waals surface area contributed by atoms with Crippen LogP contribution >= 0.6 is 0 Å². The molecule has 22 heavy (non-hydrogen) atoms. The number of aliphatic hydroxyl groups is 1. The van der Waals surface area contributed by atoms with E-state index in [4.69, 9.17) is 0 Å². The van der Waals surface area contributed by atoms with Crippen LogP contribution in [0.25, 0.3) is 0 Å². The van der Waals surface area contributed by atoms with Gasteiger partial charge in [-0.25, -0.2) is 0 Å². The minimum Gasteiger partial charge on any atom is -0.393 e. The minimum absolute atomic E-state index is 0.0869. The fourth-order valence-corrected chi connectivity index (χ4v) is 6.92. The van der Waals surface area contributed by atoms with Gasteiger partial charge in [0.2, 0.25) is 0 Å². The van der Waals surface area contributed by atoms with Crippen molar-refractivity contribution in [3.63, 3.8) is 0 Å². The molecule has 2 aliphatic carbocycles. The molecule has 1 N–H and O–H groups in total. The van der Waals surface area contributed by atoms with Crippen molar-refractivity contribution in [2.75, 3.05) is 6.54 Å². The lowest BCUT2D eigenvalue weighted by atomic mass is 9.52. The smallest absolute Gasteiger partial charge is 0.149 e. The number of piperidine rings is 2. The van der Waals surface area contributed by atoms with Gasteiger partial charge in [-0.15, -0.1) is 0 Å². The molecule has 3 heteroatoms. The average molecular weight is 305 g/mol. The Bertz CT molecular complexity index is 492. The van der Waals surface area contributed by atoms with Crippen LogP contribution in [0.4, 0.5) is 0 Å². The van der Waals surface area contributed by atoms with Crippen LogP contribution in [0.3, 0.4) is 0 Å². The third-order valence-corrected chi connectivity index (χ3v) is 8.36. The Balaban J connectivity index is 1.65. The molecular formula is C19H31NO2. The highest BCUT2D eigenvalue weighted by Crippen LogP contribution is 2.61. The Morgan fingerprint density at radius 3 is 2.64 bits per heavy atom. The molecule has 124 valence electrons. The summed E-state index contributed by atoms with van der Waals surface area (Å²) in [5.41, 5.74) is 0.376. The standard InChI is InChI=1S/C19H31NO2/c1-12-16(21)7-10-19(3)15-6-9-18(2)14(4-5-17(18)22)13(15)8-11-20(12)19/h12-15,17,22H,4-11H2,1-3H3/t12?,13-,14-,15-,17-,18-,19+/m0/s1. The molecule has 7 atom stereocenters. The molecule has 0 bridgehead atoms. The van der Waals surface area contributed by atoms with E-state index in [0.717, 1.165) is 37.6 Å². The van der Waals surface area contributed by atoms with E-state index < -0.39 is 0 Å². The highest BCUT2D eigenvalue weighted by molar-refractivity contribution is 5.84. The van der Waals surface area contributed by atoms with E-state index in [2.05, 4.69) is 25.7 Å². The van der Waals surface area contributed by atoms with Gasteiger partial charge in [-0.05, 0) is 82.1 Å². The Morgan fingerprint density at radius 1 is 1.09 bits per heavy atom. The number of nitrogens with zero attached hydrogens (tertiary/aromatic N) is 1. The van der Waals surface area contributed by atoms with Crippen LogP contribution in [-0.2, 0) is 4.79 Å². The summed E-state index contributed by atoms with van der Waals surface area (Å²) < 4.78 is 0. The van der Waals surface area contributed by atoms with Gasteiger partial charge in [-0.1, -0.05) is 6.92 Å². The van der Waals surface area contributed by atoms with Crippen LogP contribution in [0.1, 0.15) is 65.7 Å². The van der Waals surface area contributed by atoms with Crippen molar-refractivity contribution in [1.29, 1.82) is 0 Å². The van der Waals surface area contributed by atoms with Crippen LogP contribution in [0.2, 0.25) is 0 Å². The number of hydrogen-bond donors (Lipinski definition) is 1. The molecule has 4 aliphatic rings. The van der Waals surface area contributed by atoms with Crippen molar-refractivity contribution in [1.82, 2.24) is 4.90 Å². The SMILES string of the molecule is CC1C(=O)CC[C@]2(C)[C@H]3CC[C@]4(C)[C@@H](O)CC[C@H]4[C@@H]3CCN12. The molecule has 1 unspecified atom stereocenters. The van der Waals surface area contributed by atoms with Gasteiger partial charge in [0, 0.05) is 12.0 Å². The van der Waals surface area contributed by atoms with Crippen LogP contribution in [0.15, 0.2) is 0 Å². The summed E-state index contributed by atoms with van der Waals surface area (Å²) in [4.78, 5) is 14.7. The summed E-state index contributed by atoms with van der Waals surface area (Å²) in [6, 6.07) is 0.113. The summed E-state index contributed by atoms with van der Waals surface area (Å²) in [6.45, 7) is 7.97. The Morgan fingerprint density at radius 2 is 1.86 bits per heavy atom. The lowest BCUT2D eigenvalue weighted by molar-refractivity contribution is -0.155. The molecule has 0 radical (unpaired) electrons. The molecule has 0 aromatic heterocycles. The normalized spacial score (nSPS) is 55.5. The maximum Gasteiger partial charge on any atom is 0.149 e. The summed E-state index contributed by atoms with van der Waals surface area (Å²) in [7, 11) is 0. The van der Waals surface area contributed by atoms with Crippen LogP contribution in [0, 0.1) is 23.2 Å². The fourth-order valence-electron chi connectivity index (χ4n) is 6.92. The third-order valence-electron chi connectivity index (χ3n) is 8.36. The first-order chi connectivity index (χ1) is 10.4. The summed E-state index contributed by atoms with van der Waals surface area (Å²) in [5, 5.41) is 10.5. The molecule has 2 heterocycles. The highest BCUT2D eigenvalue weighted by atomic mass is 16.3. The maximum absolute atomic E-state index is 12.2. The molecule has 0 aromatic rings. The molecule has 4 fully saturated rings. The van der Waals surface area contributed by atoms with Gasteiger partial charge in [0.1, 0.15) is 5.78 Å². The van der Waals surface area contributed by atoms with Gasteiger partial charge in [0.15, 0.2) is 0 Å². The van der Waals surface area contributed by atoms with Crippen LogP contribution < -0.4 is 0 Å². The first kappa shape index (κ1) is 15.1. The number of hydrogen-bond acceptors (Lipinski definition) is 3. The van der Waals surface area contributed by atoms with E-state index in [9.17, 15) is 9.90 Å². The predicted molar refractivity (Wildman–Crippen MR) is 86.5 cm³/mol. The second-order valence-corrected chi connectivity index (χ2v) is 9.00. The van der Waals surface area contributed by atoms with Gasteiger partial charge in [-0.3, -0.25) is 9.69 Å². The quantitative estimate of drug-likeness (QED) is 0.748. The lowest BCUT2D eigenvalue weighted by Gasteiger charge is -2.62. The number of aliphatic hydroxyl groups excluding tert-OH is 1. The van der Waals surface area contributed by atoms with Crippen molar-refractivity contribution in [2.45, 2.75) is 83.4 Å².